The van der Waals surface area contributed by atoms with Crippen LogP contribution in [-0.2, 0) is 20.5 Å². The normalized spacial score (nSPS) is 23.7. The van der Waals surface area contributed by atoms with Gasteiger partial charge in [-0.15, -0.1) is 0 Å². The lowest BCUT2D eigenvalue weighted by molar-refractivity contribution is -0.151. The molecular formula is C23H29ClF3N3O5. The van der Waals surface area contributed by atoms with Crippen molar-refractivity contribution in [3.63, 3.8) is 0 Å². The molecule has 0 spiro atoms. The summed E-state index contributed by atoms with van der Waals surface area (Å²) >= 11 is 5.86. The molecule has 1 aromatic rings. The monoisotopic (exact) mass is 519 g/mol. The van der Waals surface area contributed by atoms with Crippen molar-refractivity contribution in [1.82, 2.24) is 9.80 Å². The highest BCUT2D eigenvalue weighted by molar-refractivity contribution is 6.31. The van der Waals surface area contributed by atoms with Crippen LogP contribution < -0.4 is 5.32 Å². The lowest BCUT2D eigenvalue weighted by atomic mass is 9.88. The van der Waals surface area contributed by atoms with E-state index in [1.165, 1.54) is 15.9 Å². The summed E-state index contributed by atoms with van der Waals surface area (Å²) in [5.41, 5.74) is -1.64. The van der Waals surface area contributed by atoms with Crippen LogP contribution in [-0.4, -0.2) is 70.2 Å². The zero-order chi connectivity index (χ0) is 26.1. The molecule has 12 heteroatoms. The third kappa shape index (κ3) is 6.71. The number of hydrogen-bond acceptors (Lipinski definition) is 5. The topological polar surface area (TPSA) is 99.2 Å². The number of rotatable bonds is 4. The van der Waals surface area contributed by atoms with E-state index in [2.05, 4.69) is 5.32 Å². The van der Waals surface area contributed by atoms with Gasteiger partial charge >= 0.3 is 18.2 Å². The summed E-state index contributed by atoms with van der Waals surface area (Å²) in [7, 11) is 0. The molecule has 194 valence electrons. The van der Waals surface area contributed by atoms with Crippen molar-refractivity contribution < 1.29 is 37.4 Å². The Morgan fingerprint density at radius 1 is 1.14 bits per heavy atom. The number of benzene rings is 1. The van der Waals surface area contributed by atoms with E-state index in [0.717, 1.165) is 12.1 Å². The summed E-state index contributed by atoms with van der Waals surface area (Å²) in [6.07, 6.45) is -4.20. The van der Waals surface area contributed by atoms with Gasteiger partial charge in [-0.1, -0.05) is 11.6 Å². The van der Waals surface area contributed by atoms with Crippen LogP contribution in [0, 0.1) is 5.92 Å². The minimum Gasteiger partial charge on any atom is -0.481 e. The second kappa shape index (κ2) is 10.1. The molecule has 35 heavy (non-hydrogen) atoms. The number of hydrogen-bond donors (Lipinski definition) is 2. The van der Waals surface area contributed by atoms with Gasteiger partial charge in [0.25, 0.3) is 0 Å². The van der Waals surface area contributed by atoms with Crippen molar-refractivity contribution in [2.75, 3.05) is 25.0 Å². The third-order valence-corrected chi connectivity index (χ3v) is 6.21. The van der Waals surface area contributed by atoms with Crippen molar-refractivity contribution in [2.24, 2.45) is 5.92 Å². The molecule has 8 nitrogen and oxygen atoms in total. The standard InChI is InChI=1S/C23H29ClF3N3O5/c1-22(2,3)35-21(34)29-8-6-16(20(32)33)18(12-29)30-7-4-5-17(19(30)31)28-15-10-13(23(25,26)27)9-14(24)11-15/h9-11,16-18,28H,4-8,12H2,1-3H3,(H,32,33)/t16?,17-,18+/m1/s1. The molecular weight excluding hydrogens is 491 g/mol. The van der Waals surface area contributed by atoms with Gasteiger partial charge < -0.3 is 25.0 Å². The van der Waals surface area contributed by atoms with Crippen molar-refractivity contribution in [3.05, 3.63) is 28.8 Å². The number of halogens is 4. The number of piperidine rings is 2. The predicted molar refractivity (Wildman–Crippen MR) is 122 cm³/mol. The van der Waals surface area contributed by atoms with Crippen molar-refractivity contribution in [2.45, 2.75) is 63.9 Å². The fourth-order valence-corrected chi connectivity index (χ4v) is 4.66. The summed E-state index contributed by atoms with van der Waals surface area (Å²) in [6, 6.07) is 1.31. The maximum Gasteiger partial charge on any atom is 0.416 e. The number of ether oxygens (including phenoxy) is 1. The van der Waals surface area contributed by atoms with Crippen LogP contribution in [0.1, 0.15) is 45.6 Å². The highest BCUT2D eigenvalue weighted by Gasteiger charge is 2.44. The van der Waals surface area contributed by atoms with Gasteiger partial charge in [0, 0.05) is 30.3 Å². The van der Waals surface area contributed by atoms with Gasteiger partial charge in [-0.2, -0.15) is 13.2 Å². The van der Waals surface area contributed by atoms with Gasteiger partial charge in [0.2, 0.25) is 5.91 Å². The van der Waals surface area contributed by atoms with Gasteiger partial charge in [0.05, 0.1) is 17.5 Å². The molecule has 3 rings (SSSR count). The number of aliphatic carboxylic acids is 1. The first-order chi connectivity index (χ1) is 16.2. The van der Waals surface area contributed by atoms with Crippen LogP contribution in [0.2, 0.25) is 5.02 Å². The van der Waals surface area contributed by atoms with Gasteiger partial charge in [0.15, 0.2) is 0 Å². The van der Waals surface area contributed by atoms with Gasteiger partial charge in [-0.05, 0) is 58.2 Å². The van der Waals surface area contributed by atoms with E-state index in [-0.39, 0.29) is 36.8 Å². The van der Waals surface area contributed by atoms with E-state index in [1.54, 1.807) is 20.8 Å². The fourth-order valence-electron chi connectivity index (χ4n) is 4.43. The minimum absolute atomic E-state index is 0.0142. The second-order valence-corrected chi connectivity index (χ2v) is 10.3. The van der Waals surface area contributed by atoms with Crippen molar-refractivity contribution >= 4 is 35.3 Å². The molecule has 0 aliphatic carbocycles. The second-order valence-electron chi connectivity index (χ2n) is 9.82. The summed E-state index contributed by atoms with van der Waals surface area (Å²) in [5, 5.41) is 12.5. The zero-order valence-electron chi connectivity index (χ0n) is 19.7. The first kappa shape index (κ1) is 26.9. The fraction of sp³-hybridized carbons (Fsp3) is 0.609. The van der Waals surface area contributed by atoms with E-state index in [0.29, 0.717) is 12.8 Å². The van der Waals surface area contributed by atoms with E-state index >= 15 is 0 Å². The van der Waals surface area contributed by atoms with Gasteiger partial charge in [-0.25, -0.2) is 4.79 Å². The molecule has 0 radical (unpaired) electrons. The Bertz CT molecular complexity index is 982. The Kier molecular flexibility index (Phi) is 7.78. The average Bonchev–Trinajstić information content (AvgIpc) is 2.72. The molecule has 3 atom stereocenters. The number of alkyl halides is 3. The number of amides is 2. The van der Waals surface area contributed by atoms with E-state index < -0.39 is 53.3 Å². The Morgan fingerprint density at radius 3 is 2.43 bits per heavy atom. The summed E-state index contributed by atoms with van der Waals surface area (Å²) in [5.74, 6) is -2.40. The number of anilines is 1. The first-order valence-electron chi connectivity index (χ1n) is 11.3. The van der Waals surface area contributed by atoms with Crippen LogP contribution in [0.5, 0.6) is 0 Å². The van der Waals surface area contributed by atoms with Crippen molar-refractivity contribution in [3.8, 4) is 0 Å². The summed E-state index contributed by atoms with van der Waals surface area (Å²) < 4.78 is 44.9. The third-order valence-electron chi connectivity index (χ3n) is 5.99. The lowest BCUT2D eigenvalue weighted by Gasteiger charge is -2.45. The molecule has 2 aliphatic rings. The molecule has 2 heterocycles. The molecule has 0 saturated carbocycles. The maximum atomic E-state index is 13.3. The molecule has 0 aromatic heterocycles. The lowest BCUT2D eigenvalue weighted by Crippen LogP contribution is -2.61. The molecule has 1 aromatic carbocycles. The largest absolute Gasteiger partial charge is 0.481 e. The highest BCUT2D eigenvalue weighted by atomic mass is 35.5. The van der Waals surface area contributed by atoms with Crippen LogP contribution >= 0.6 is 11.6 Å². The SMILES string of the molecule is CC(C)(C)OC(=O)N1CCC(C(=O)O)[C@@H](N2CCC[C@@H](Nc3cc(Cl)cc(C(F)(F)F)c3)C2=O)C1. The van der Waals surface area contributed by atoms with Crippen LogP contribution in [0.4, 0.5) is 23.7 Å². The number of likely N-dealkylation sites (tertiary alicyclic amines) is 2. The molecule has 2 aliphatic heterocycles. The average molecular weight is 520 g/mol. The summed E-state index contributed by atoms with van der Waals surface area (Å²) in [4.78, 5) is 40.7. The predicted octanol–water partition coefficient (Wildman–Crippen LogP) is 4.47. The smallest absolute Gasteiger partial charge is 0.416 e. The van der Waals surface area contributed by atoms with Crippen LogP contribution in [0.3, 0.4) is 0 Å². The van der Waals surface area contributed by atoms with Crippen LogP contribution in [0.15, 0.2) is 18.2 Å². The Morgan fingerprint density at radius 2 is 1.83 bits per heavy atom. The number of carbonyl (C=O) groups excluding carboxylic acids is 2. The van der Waals surface area contributed by atoms with E-state index in [1.807, 2.05) is 0 Å². The van der Waals surface area contributed by atoms with Crippen molar-refractivity contribution in [1.29, 1.82) is 0 Å². The van der Waals surface area contributed by atoms with E-state index in [9.17, 15) is 32.7 Å². The Labute approximate surface area is 206 Å². The molecule has 1 unspecified atom stereocenters. The van der Waals surface area contributed by atoms with Crippen LogP contribution in [0.25, 0.3) is 0 Å². The van der Waals surface area contributed by atoms with E-state index in [4.69, 9.17) is 16.3 Å². The number of nitrogens with zero attached hydrogens (tertiary/aromatic N) is 2. The quantitative estimate of drug-likeness (QED) is 0.609. The first-order valence-corrected chi connectivity index (χ1v) is 11.7. The zero-order valence-corrected chi connectivity index (χ0v) is 20.4. The molecule has 2 N–H and O–H groups in total. The number of carboxylic acids is 1. The van der Waals surface area contributed by atoms with Gasteiger partial charge in [0.1, 0.15) is 11.6 Å². The molecule has 2 amide bonds. The molecule has 0 bridgehead atoms. The highest BCUT2D eigenvalue weighted by Crippen LogP contribution is 2.34. The number of carbonyl (C=O) groups is 3. The Hall–Kier alpha value is -2.69. The Balaban J connectivity index is 1.80. The number of carboxylic acid groups (broad SMARTS) is 1. The molecule has 2 saturated heterocycles. The minimum atomic E-state index is -4.61. The number of nitrogens with one attached hydrogen (secondary N) is 1. The molecule has 2 fully saturated rings. The van der Waals surface area contributed by atoms with Gasteiger partial charge in [-0.3, -0.25) is 9.59 Å². The maximum absolute atomic E-state index is 13.3. The summed E-state index contributed by atoms with van der Waals surface area (Å²) in [6.45, 7) is 5.59.